The van der Waals surface area contributed by atoms with Crippen molar-refractivity contribution in [3.05, 3.63) is 15.6 Å². The lowest BCUT2D eigenvalue weighted by Crippen LogP contribution is -2.40. The number of thiazole rings is 1. The second kappa shape index (κ2) is 2.57. The van der Waals surface area contributed by atoms with E-state index in [1.807, 2.05) is 11.3 Å². The largest absolute Gasteiger partial charge is 0.315 e. The Morgan fingerprint density at radius 2 is 2.18 bits per heavy atom. The molecule has 0 aliphatic carbocycles. The molecule has 2 rings (SSSR count). The van der Waals surface area contributed by atoms with Crippen molar-refractivity contribution < 1.29 is 0 Å². The standard InChI is InChI=1S/C8H12N2S/c1-5-8(7-3-9-4-7)10-6(2)11-5/h7,9H,3-4H2,1-2H3. The molecule has 1 fully saturated rings. The van der Waals surface area contributed by atoms with Crippen LogP contribution in [0.2, 0.25) is 0 Å². The van der Waals surface area contributed by atoms with Crippen LogP contribution in [0.25, 0.3) is 0 Å². The molecule has 2 heterocycles. The zero-order valence-electron chi connectivity index (χ0n) is 6.85. The van der Waals surface area contributed by atoms with E-state index in [0.29, 0.717) is 5.92 Å². The molecule has 1 aromatic heterocycles. The fraction of sp³-hybridized carbons (Fsp3) is 0.625. The molecule has 1 N–H and O–H groups in total. The lowest BCUT2D eigenvalue weighted by Gasteiger charge is -2.25. The van der Waals surface area contributed by atoms with Crippen LogP contribution in [-0.4, -0.2) is 18.1 Å². The molecule has 1 saturated heterocycles. The van der Waals surface area contributed by atoms with Gasteiger partial charge in [0.25, 0.3) is 0 Å². The molecule has 0 aromatic carbocycles. The molecule has 1 aliphatic heterocycles. The molecule has 1 aliphatic rings. The zero-order chi connectivity index (χ0) is 7.84. The minimum atomic E-state index is 0.694. The van der Waals surface area contributed by atoms with Crippen LogP contribution in [0, 0.1) is 13.8 Å². The Hall–Kier alpha value is -0.410. The van der Waals surface area contributed by atoms with Gasteiger partial charge in [-0.05, 0) is 13.8 Å². The topological polar surface area (TPSA) is 24.9 Å². The van der Waals surface area contributed by atoms with E-state index in [-0.39, 0.29) is 0 Å². The van der Waals surface area contributed by atoms with Crippen molar-refractivity contribution in [1.29, 1.82) is 0 Å². The number of nitrogens with one attached hydrogen (secondary N) is 1. The van der Waals surface area contributed by atoms with Crippen molar-refractivity contribution in [2.75, 3.05) is 13.1 Å². The summed E-state index contributed by atoms with van der Waals surface area (Å²) >= 11 is 1.81. The summed E-state index contributed by atoms with van der Waals surface area (Å²) in [4.78, 5) is 5.91. The summed E-state index contributed by atoms with van der Waals surface area (Å²) in [5, 5.41) is 4.46. The Labute approximate surface area is 70.7 Å². The lowest BCUT2D eigenvalue weighted by atomic mass is 9.99. The van der Waals surface area contributed by atoms with Crippen molar-refractivity contribution >= 4 is 11.3 Å². The average molecular weight is 168 g/mol. The predicted molar refractivity (Wildman–Crippen MR) is 47.2 cm³/mol. The zero-order valence-corrected chi connectivity index (χ0v) is 7.66. The normalized spacial score (nSPS) is 18.4. The van der Waals surface area contributed by atoms with E-state index >= 15 is 0 Å². The van der Waals surface area contributed by atoms with Gasteiger partial charge in [0.05, 0.1) is 10.7 Å². The second-order valence-electron chi connectivity index (χ2n) is 3.03. The molecule has 60 valence electrons. The van der Waals surface area contributed by atoms with Gasteiger partial charge < -0.3 is 5.32 Å². The van der Waals surface area contributed by atoms with E-state index in [1.165, 1.54) is 15.6 Å². The van der Waals surface area contributed by atoms with E-state index in [1.54, 1.807) is 0 Å². The first-order valence-corrected chi connectivity index (χ1v) is 4.73. The fourth-order valence-corrected chi connectivity index (χ4v) is 2.31. The van der Waals surface area contributed by atoms with Gasteiger partial charge in [-0.3, -0.25) is 0 Å². The maximum Gasteiger partial charge on any atom is 0.0900 e. The molecular weight excluding hydrogens is 156 g/mol. The Morgan fingerprint density at radius 3 is 2.55 bits per heavy atom. The fourth-order valence-electron chi connectivity index (χ4n) is 1.41. The summed E-state index contributed by atoms with van der Waals surface area (Å²) in [6.45, 7) is 6.47. The minimum Gasteiger partial charge on any atom is -0.315 e. The van der Waals surface area contributed by atoms with Crippen molar-refractivity contribution in [2.45, 2.75) is 19.8 Å². The van der Waals surface area contributed by atoms with Crippen molar-refractivity contribution in [3.8, 4) is 0 Å². The third kappa shape index (κ3) is 1.19. The van der Waals surface area contributed by atoms with E-state index in [2.05, 4.69) is 24.1 Å². The first-order chi connectivity index (χ1) is 5.27. The van der Waals surface area contributed by atoms with E-state index in [0.717, 1.165) is 13.1 Å². The number of aryl methyl sites for hydroxylation is 2. The smallest absolute Gasteiger partial charge is 0.0900 e. The number of hydrogen-bond donors (Lipinski definition) is 1. The molecule has 2 nitrogen and oxygen atoms in total. The first-order valence-electron chi connectivity index (χ1n) is 3.92. The van der Waals surface area contributed by atoms with Crippen LogP contribution in [-0.2, 0) is 0 Å². The van der Waals surface area contributed by atoms with Crippen LogP contribution in [0.4, 0.5) is 0 Å². The van der Waals surface area contributed by atoms with Crippen LogP contribution < -0.4 is 5.32 Å². The lowest BCUT2D eigenvalue weighted by molar-refractivity contribution is 0.439. The quantitative estimate of drug-likeness (QED) is 0.686. The molecule has 3 heteroatoms. The summed E-state index contributed by atoms with van der Waals surface area (Å²) in [6.07, 6.45) is 0. The molecule has 1 aromatic rings. The molecule has 0 amide bonds. The summed E-state index contributed by atoms with van der Waals surface area (Å²) in [5.74, 6) is 0.694. The van der Waals surface area contributed by atoms with Gasteiger partial charge in [-0.2, -0.15) is 0 Å². The van der Waals surface area contributed by atoms with Gasteiger partial charge in [-0.25, -0.2) is 4.98 Å². The Kier molecular flexibility index (Phi) is 1.69. The van der Waals surface area contributed by atoms with Crippen molar-refractivity contribution in [2.24, 2.45) is 0 Å². The van der Waals surface area contributed by atoms with Crippen LogP contribution in [0.1, 0.15) is 21.5 Å². The molecule has 0 unspecified atom stereocenters. The predicted octanol–water partition coefficient (Wildman–Crippen LogP) is 1.45. The average Bonchev–Trinajstić information content (AvgIpc) is 2.07. The molecule has 0 atom stereocenters. The SMILES string of the molecule is Cc1nc(C2CNC2)c(C)s1. The number of rotatable bonds is 1. The second-order valence-corrected chi connectivity index (χ2v) is 4.44. The molecule has 0 saturated carbocycles. The molecule has 0 bridgehead atoms. The Morgan fingerprint density at radius 1 is 1.45 bits per heavy atom. The monoisotopic (exact) mass is 168 g/mol. The highest BCUT2D eigenvalue weighted by atomic mass is 32.1. The first kappa shape index (κ1) is 7.25. The highest BCUT2D eigenvalue weighted by molar-refractivity contribution is 7.11. The molecular formula is C8H12N2S. The number of nitrogens with zero attached hydrogens (tertiary/aromatic N) is 1. The van der Waals surface area contributed by atoms with Gasteiger partial charge in [0.15, 0.2) is 0 Å². The van der Waals surface area contributed by atoms with Gasteiger partial charge in [0.1, 0.15) is 0 Å². The van der Waals surface area contributed by atoms with Crippen LogP contribution in [0.5, 0.6) is 0 Å². The van der Waals surface area contributed by atoms with Crippen LogP contribution >= 0.6 is 11.3 Å². The highest BCUT2D eigenvalue weighted by Crippen LogP contribution is 2.26. The van der Waals surface area contributed by atoms with Gasteiger partial charge in [-0.1, -0.05) is 0 Å². The highest BCUT2D eigenvalue weighted by Gasteiger charge is 2.23. The summed E-state index contributed by atoms with van der Waals surface area (Å²) in [7, 11) is 0. The number of hydrogen-bond acceptors (Lipinski definition) is 3. The summed E-state index contributed by atoms with van der Waals surface area (Å²) in [5.41, 5.74) is 1.33. The molecule has 11 heavy (non-hydrogen) atoms. The van der Waals surface area contributed by atoms with Crippen molar-refractivity contribution in [3.63, 3.8) is 0 Å². The Balaban J connectivity index is 2.28. The van der Waals surface area contributed by atoms with Gasteiger partial charge in [0.2, 0.25) is 0 Å². The minimum absolute atomic E-state index is 0.694. The number of aromatic nitrogens is 1. The van der Waals surface area contributed by atoms with Crippen molar-refractivity contribution in [1.82, 2.24) is 10.3 Å². The van der Waals surface area contributed by atoms with E-state index < -0.39 is 0 Å². The third-order valence-electron chi connectivity index (χ3n) is 2.11. The third-order valence-corrected chi connectivity index (χ3v) is 3.01. The maximum absolute atomic E-state index is 4.51. The van der Waals surface area contributed by atoms with Gasteiger partial charge in [-0.15, -0.1) is 11.3 Å². The maximum atomic E-state index is 4.51. The van der Waals surface area contributed by atoms with Crippen LogP contribution in [0.3, 0.4) is 0 Å². The van der Waals surface area contributed by atoms with Gasteiger partial charge >= 0.3 is 0 Å². The van der Waals surface area contributed by atoms with E-state index in [4.69, 9.17) is 0 Å². The van der Waals surface area contributed by atoms with E-state index in [9.17, 15) is 0 Å². The van der Waals surface area contributed by atoms with Crippen LogP contribution in [0.15, 0.2) is 0 Å². The molecule has 0 radical (unpaired) electrons. The Bertz CT molecular complexity index is 263. The molecule has 0 spiro atoms. The summed E-state index contributed by atoms with van der Waals surface area (Å²) < 4.78 is 0. The summed E-state index contributed by atoms with van der Waals surface area (Å²) in [6, 6.07) is 0. The van der Waals surface area contributed by atoms with Gasteiger partial charge in [0, 0.05) is 23.9 Å².